The minimum absolute atomic E-state index is 0.0214. The molecule has 1 aliphatic heterocycles. The number of benzene rings is 1. The van der Waals surface area contributed by atoms with Gasteiger partial charge < -0.3 is 5.11 Å². The summed E-state index contributed by atoms with van der Waals surface area (Å²) in [6.07, 6.45) is 1.61. The van der Waals surface area contributed by atoms with E-state index in [-0.39, 0.29) is 10.5 Å². The smallest absolute Gasteiger partial charge is 0.336 e. The molecule has 0 bridgehead atoms. The van der Waals surface area contributed by atoms with Gasteiger partial charge in [-0.1, -0.05) is 0 Å². The fourth-order valence-corrected chi connectivity index (χ4v) is 4.77. The third-order valence-electron chi connectivity index (χ3n) is 3.58. The Morgan fingerprint density at radius 3 is 2.55 bits per heavy atom. The molecule has 0 atom stereocenters. The fraction of sp³-hybridized carbons (Fsp3) is 0.462. The topological polar surface area (TPSA) is 74.7 Å². The van der Waals surface area contributed by atoms with Crippen LogP contribution in [-0.4, -0.2) is 35.9 Å². The SMILES string of the molecule is CC1(C)CCCN1S(=O)(=O)c1ccc(Br)c(C(=O)O)c1. The molecule has 0 spiro atoms. The Kier molecular flexibility index (Phi) is 3.96. The second-order valence-electron chi connectivity index (χ2n) is 5.44. The summed E-state index contributed by atoms with van der Waals surface area (Å²) in [7, 11) is -3.67. The van der Waals surface area contributed by atoms with E-state index in [0.717, 1.165) is 12.8 Å². The Morgan fingerprint density at radius 2 is 2.05 bits per heavy atom. The van der Waals surface area contributed by atoms with Gasteiger partial charge in [0.05, 0.1) is 10.5 Å². The molecule has 1 saturated heterocycles. The Hall–Kier alpha value is -0.920. The van der Waals surface area contributed by atoms with Crippen molar-refractivity contribution in [1.29, 1.82) is 0 Å². The zero-order chi connectivity index (χ0) is 15.1. The summed E-state index contributed by atoms with van der Waals surface area (Å²) in [5, 5.41) is 9.09. The first-order valence-electron chi connectivity index (χ1n) is 6.22. The predicted octanol–water partition coefficient (Wildman–Crippen LogP) is 2.71. The summed E-state index contributed by atoms with van der Waals surface area (Å²) in [4.78, 5) is 11.1. The summed E-state index contributed by atoms with van der Waals surface area (Å²) in [5.41, 5.74) is -0.488. The zero-order valence-electron chi connectivity index (χ0n) is 11.3. The molecule has 0 amide bonds. The van der Waals surface area contributed by atoms with Crippen molar-refractivity contribution in [3.63, 3.8) is 0 Å². The minimum Gasteiger partial charge on any atom is -0.478 e. The van der Waals surface area contributed by atoms with Gasteiger partial charge in [0.15, 0.2) is 0 Å². The second-order valence-corrected chi connectivity index (χ2v) is 8.16. The number of rotatable bonds is 3. The first-order valence-corrected chi connectivity index (χ1v) is 8.45. The number of hydrogen-bond acceptors (Lipinski definition) is 3. The lowest BCUT2D eigenvalue weighted by Gasteiger charge is -2.30. The predicted molar refractivity (Wildman–Crippen MR) is 78.3 cm³/mol. The summed E-state index contributed by atoms with van der Waals surface area (Å²) < 4.78 is 27.1. The van der Waals surface area contributed by atoms with E-state index in [4.69, 9.17) is 5.11 Å². The minimum atomic E-state index is -3.67. The highest BCUT2D eigenvalue weighted by Gasteiger charge is 2.41. The molecule has 1 aliphatic rings. The maximum atomic E-state index is 12.7. The molecule has 1 heterocycles. The van der Waals surface area contributed by atoms with Crippen LogP contribution in [-0.2, 0) is 10.0 Å². The maximum Gasteiger partial charge on any atom is 0.336 e. The summed E-state index contributed by atoms with van der Waals surface area (Å²) in [6.45, 7) is 4.23. The number of carboxylic acid groups (broad SMARTS) is 1. The van der Waals surface area contributed by atoms with Crippen LogP contribution in [0.1, 0.15) is 37.0 Å². The highest BCUT2D eigenvalue weighted by atomic mass is 79.9. The van der Waals surface area contributed by atoms with Gasteiger partial charge in [0, 0.05) is 16.6 Å². The number of nitrogens with zero attached hydrogens (tertiary/aromatic N) is 1. The van der Waals surface area contributed by atoms with Crippen molar-refractivity contribution in [3.05, 3.63) is 28.2 Å². The molecule has 20 heavy (non-hydrogen) atoms. The average molecular weight is 362 g/mol. The van der Waals surface area contributed by atoms with Crippen molar-refractivity contribution in [2.45, 2.75) is 37.1 Å². The van der Waals surface area contributed by atoms with Gasteiger partial charge in [0.1, 0.15) is 0 Å². The summed E-state index contributed by atoms with van der Waals surface area (Å²) >= 11 is 3.11. The van der Waals surface area contributed by atoms with Crippen molar-refractivity contribution in [2.24, 2.45) is 0 Å². The van der Waals surface area contributed by atoms with E-state index in [1.54, 1.807) is 0 Å². The van der Waals surface area contributed by atoms with Gasteiger partial charge in [-0.15, -0.1) is 0 Å². The summed E-state index contributed by atoms with van der Waals surface area (Å²) in [5.74, 6) is -1.16. The van der Waals surface area contributed by atoms with Crippen molar-refractivity contribution < 1.29 is 18.3 Å². The lowest BCUT2D eigenvalue weighted by Crippen LogP contribution is -2.42. The van der Waals surface area contributed by atoms with Crippen molar-refractivity contribution in [2.75, 3.05) is 6.54 Å². The van der Waals surface area contributed by atoms with Gasteiger partial charge in [-0.2, -0.15) is 4.31 Å². The van der Waals surface area contributed by atoms with Crippen LogP contribution in [0.4, 0.5) is 0 Å². The van der Waals surface area contributed by atoms with Gasteiger partial charge >= 0.3 is 5.97 Å². The van der Waals surface area contributed by atoms with Gasteiger partial charge in [-0.05, 0) is 60.8 Å². The van der Waals surface area contributed by atoms with E-state index in [0.29, 0.717) is 11.0 Å². The molecular formula is C13H16BrNO4S. The van der Waals surface area contributed by atoms with Crippen LogP contribution >= 0.6 is 15.9 Å². The van der Waals surface area contributed by atoms with E-state index in [1.807, 2.05) is 13.8 Å². The Balaban J connectivity index is 2.50. The molecule has 2 rings (SSSR count). The average Bonchev–Trinajstić information content (AvgIpc) is 2.69. The van der Waals surface area contributed by atoms with Crippen LogP contribution in [0, 0.1) is 0 Å². The maximum absolute atomic E-state index is 12.7. The Morgan fingerprint density at radius 1 is 1.40 bits per heavy atom. The molecule has 1 fully saturated rings. The lowest BCUT2D eigenvalue weighted by atomic mass is 10.0. The number of sulfonamides is 1. The quantitative estimate of drug-likeness (QED) is 0.897. The normalized spacial score (nSPS) is 19.1. The molecule has 0 radical (unpaired) electrons. The summed E-state index contributed by atoms with van der Waals surface area (Å²) in [6, 6.07) is 4.09. The molecule has 5 nitrogen and oxygen atoms in total. The van der Waals surface area contributed by atoms with Crippen molar-refractivity contribution in [3.8, 4) is 0 Å². The first-order chi connectivity index (χ1) is 9.16. The Labute approximate surface area is 126 Å². The van der Waals surface area contributed by atoms with E-state index in [2.05, 4.69) is 15.9 Å². The van der Waals surface area contributed by atoms with Crippen LogP contribution in [0.3, 0.4) is 0 Å². The number of aromatic carboxylic acids is 1. The van der Waals surface area contributed by atoms with Crippen LogP contribution in [0.5, 0.6) is 0 Å². The van der Waals surface area contributed by atoms with E-state index < -0.39 is 21.5 Å². The van der Waals surface area contributed by atoms with Gasteiger partial charge in [-0.3, -0.25) is 0 Å². The fourth-order valence-electron chi connectivity index (χ4n) is 2.48. The molecule has 7 heteroatoms. The van der Waals surface area contributed by atoms with E-state index in [1.165, 1.54) is 22.5 Å². The van der Waals surface area contributed by atoms with Crippen LogP contribution in [0.15, 0.2) is 27.6 Å². The lowest BCUT2D eigenvalue weighted by molar-refractivity contribution is 0.0695. The monoisotopic (exact) mass is 361 g/mol. The van der Waals surface area contributed by atoms with Crippen molar-refractivity contribution >= 4 is 31.9 Å². The largest absolute Gasteiger partial charge is 0.478 e. The molecule has 1 N–H and O–H groups in total. The number of halogens is 1. The van der Waals surface area contributed by atoms with Gasteiger partial charge in [-0.25, -0.2) is 13.2 Å². The molecule has 110 valence electrons. The highest BCUT2D eigenvalue weighted by Crippen LogP contribution is 2.34. The van der Waals surface area contributed by atoms with Crippen molar-refractivity contribution in [1.82, 2.24) is 4.31 Å². The first kappa shape index (κ1) is 15.5. The Bertz CT molecular complexity index is 654. The third-order valence-corrected chi connectivity index (χ3v) is 6.38. The molecule has 0 saturated carbocycles. The van der Waals surface area contributed by atoms with Crippen LogP contribution in [0.2, 0.25) is 0 Å². The van der Waals surface area contributed by atoms with E-state index >= 15 is 0 Å². The molecule has 0 unspecified atom stereocenters. The highest BCUT2D eigenvalue weighted by molar-refractivity contribution is 9.10. The second kappa shape index (κ2) is 5.13. The zero-order valence-corrected chi connectivity index (χ0v) is 13.7. The van der Waals surface area contributed by atoms with Crippen LogP contribution in [0.25, 0.3) is 0 Å². The number of carboxylic acids is 1. The van der Waals surface area contributed by atoms with Crippen LogP contribution < -0.4 is 0 Å². The van der Waals surface area contributed by atoms with E-state index in [9.17, 15) is 13.2 Å². The number of carbonyl (C=O) groups is 1. The molecule has 1 aromatic carbocycles. The van der Waals surface area contributed by atoms with Gasteiger partial charge in [0.25, 0.3) is 0 Å². The standard InChI is InChI=1S/C13H16BrNO4S/c1-13(2)6-3-7-15(13)20(18,19)9-4-5-11(14)10(8-9)12(16)17/h4-5,8H,3,6-7H2,1-2H3,(H,16,17). The van der Waals surface area contributed by atoms with Gasteiger partial charge in [0.2, 0.25) is 10.0 Å². The molecule has 1 aromatic rings. The third kappa shape index (κ3) is 2.62. The molecular weight excluding hydrogens is 346 g/mol. The number of hydrogen-bond donors (Lipinski definition) is 1. The molecule has 0 aromatic heterocycles. The molecule has 0 aliphatic carbocycles.